The van der Waals surface area contributed by atoms with Crippen LogP contribution in [-0.2, 0) is 19.6 Å². The third kappa shape index (κ3) is 4.52. The minimum absolute atomic E-state index is 0.0575. The lowest BCUT2D eigenvalue weighted by atomic mass is 10.1. The van der Waals surface area contributed by atoms with Crippen LogP contribution in [0.5, 0.6) is 0 Å². The molecule has 7 heteroatoms. The monoisotopic (exact) mass is 381 g/mol. The van der Waals surface area contributed by atoms with E-state index in [1.54, 1.807) is 19.9 Å². The average Bonchev–Trinajstić information content (AvgIpc) is 2.55. The van der Waals surface area contributed by atoms with Crippen LogP contribution in [0.15, 0.2) is 47.4 Å². The van der Waals surface area contributed by atoms with Gasteiger partial charge in [-0.1, -0.05) is 23.7 Å². The van der Waals surface area contributed by atoms with Gasteiger partial charge in [-0.15, -0.1) is 0 Å². The van der Waals surface area contributed by atoms with E-state index in [0.717, 1.165) is 15.4 Å². The smallest absolute Gasteiger partial charge is 0.326 e. The number of esters is 1. The van der Waals surface area contributed by atoms with Gasteiger partial charge in [0.2, 0.25) is 0 Å². The molecule has 0 N–H and O–H groups in total. The van der Waals surface area contributed by atoms with Crippen molar-refractivity contribution in [2.24, 2.45) is 0 Å². The second-order valence-corrected chi connectivity index (χ2v) is 7.86. The van der Waals surface area contributed by atoms with Gasteiger partial charge in [0.25, 0.3) is 10.0 Å². The van der Waals surface area contributed by atoms with Crippen LogP contribution in [0.3, 0.4) is 0 Å². The minimum Gasteiger partial charge on any atom is -0.465 e. The first-order valence-electron chi connectivity index (χ1n) is 7.77. The van der Waals surface area contributed by atoms with E-state index in [-0.39, 0.29) is 11.5 Å². The number of rotatable bonds is 6. The summed E-state index contributed by atoms with van der Waals surface area (Å²) in [5, 5.41) is 0.433. The van der Waals surface area contributed by atoms with Crippen molar-refractivity contribution < 1.29 is 17.9 Å². The highest BCUT2D eigenvalue weighted by molar-refractivity contribution is 7.92. The summed E-state index contributed by atoms with van der Waals surface area (Å²) >= 11 is 5.85. The molecule has 0 aliphatic carbocycles. The van der Waals surface area contributed by atoms with Crippen molar-refractivity contribution in [1.82, 2.24) is 0 Å². The van der Waals surface area contributed by atoms with Crippen molar-refractivity contribution in [3.05, 3.63) is 58.6 Å². The number of aryl methyl sites for hydroxylation is 2. The molecule has 0 amide bonds. The molecule has 0 radical (unpaired) electrons. The molecular formula is C18H20ClNO4S. The van der Waals surface area contributed by atoms with Crippen molar-refractivity contribution in [3.63, 3.8) is 0 Å². The molecule has 0 aliphatic heterocycles. The van der Waals surface area contributed by atoms with Gasteiger partial charge >= 0.3 is 5.97 Å². The molecule has 0 bridgehead atoms. The summed E-state index contributed by atoms with van der Waals surface area (Å²) in [4.78, 5) is 12.1. The quantitative estimate of drug-likeness (QED) is 0.715. The lowest BCUT2D eigenvalue weighted by Crippen LogP contribution is -2.37. The number of nitrogens with zero attached hydrogens (tertiary/aromatic N) is 1. The molecule has 134 valence electrons. The molecule has 0 aromatic heterocycles. The molecule has 5 nitrogen and oxygen atoms in total. The van der Waals surface area contributed by atoms with Crippen LogP contribution in [0.2, 0.25) is 5.02 Å². The third-order valence-electron chi connectivity index (χ3n) is 3.61. The van der Waals surface area contributed by atoms with Crippen LogP contribution in [0, 0.1) is 13.8 Å². The van der Waals surface area contributed by atoms with Crippen LogP contribution in [0.1, 0.15) is 18.1 Å². The molecule has 0 spiro atoms. The maximum atomic E-state index is 13.1. The Balaban J connectivity index is 2.55. The largest absolute Gasteiger partial charge is 0.465 e. The molecule has 2 aromatic rings. The number of carbonyl (C=O) groups excluding carboxylic acids is 1. The molecule has 0 atom stereocenters. The van der Waals surface area contributed by atoms with Crippen molar-refractivity contribution >= 4 is 33.3 Å². The zero-order valence-corrected chi connectivity index (χ0v) is 15.9. The topological polar surface area (TPSA) is 63.7 Å². The fraction of sp³-hybridized carbons (Fsp3) is 0.278. The van der Waals surface area contributed by atoms with E-state index >= 15 is 0 Å². The van der Waals surface area contributed by atoms with Crippen LogP contribution in [0.4, 0.5) is 5.69 Å². The fourth-order valence-corrected chi connectivity index (χ4v) is 3.94. The number of anilines is 1. The standard InChI is InChI=1S/C18H20ClNO4S/c1-4-24-18(21)12-20(17-11-13(2)5-6-14(17)3)25(22,23)16-9-7-15(19)8-10-16/h5-11H,4,12H2,1-3H3. The van der Waals surface area contributed by atoms with Gasteiger partial charge in [0.05, 0.1) is 17.2 Å². The molecule has 0 aliphatic rings. The normalized spacial score (nSPS) is 11.2. The summed E-state index contributed by atoms with van der Waals surface area (Å²) in [6.07, 6.45) is 0. The van der Waals surface area contributed by atoms with Gasteiger partial charge in [-0.2, -0.15) is 0 Å². The first-order valence-corrected chi connectivity index (χ1v) is 9.58. The highest BCUT2D eigenvalue weighted by Crippen LogP contribution is 2.28. The van der Waals surface area contributed by atoms with E-state index in [1.165, 1.54) is 24.3 Å². The number of hydrogen-bond donors (Lipinski definition) is 0. The van der Waals surface area contributed by atoms with Crippen molar-refractivity contribution in [3.8, 4) is 0 Å². The Kier molecular flexibility index (Phi) is 6.08. The zero-order chi connectivity index (χ0) is 18.6. The molecule has 0 unspecified atom stereocenters. The predicted molar refractivity (Wildman–Crippen MR) is 98.5 cm³/mol. The summed E-state index contributed by atoms with van der Waals surface area (Å²) in [6, 6.07) is 11.3. The van der Waals surface area contributed by atoms with Gasteiger partial charge in [0, 0.05) is 5.02 Å². The number of halogens is 1. The van der Waals surface area contributed by atoms with Gasteiger partial charge < -0.3 is 4.74 Å². The summed E-state index contributed by atoms with van der Waals surface area (Å²) in [6.45, 7) is 5.11. The van der Waals surface area contributed by atoms with Crippen LogP contribution in [0.25, 0.3) is 0 Å². The third-order valence-corrected chi connectivity index (χ3v) is 5.64. The van der Waals surface area contributed by atoms with Gasteiger partial charge in [-0.3, -0.25) is 9.10 Å². The highest BCUT2D eigenvalue weighted by Gasteiger charge is 2.28. The molecule has 2 rings (SSSR count). The van der Waals surface area contributed by atoms with Crippen LogP contribution < -0.4 is 4.31 Å². The van der Waals surface area contributed by atoms with Crippen molar-refractivity contribution in [2.45, 2.75) is 25.7 Å². The Morgan fingerprint density at radius 1 is 1.12 bits per heavy atom. The van der Waals surface area contributed by atoms with E-state index in [4.69, 9.17) is 16.3 Å². The molecule has 0 saturated carbocycles. The van der Waals surface area contributed by atoms with Gasteiger partial charge in [0.15, 0.2) is 0 Å². The Morgan fingerprint density at radius 2 is 1.76 bits per heavy atom. The average molecular weight is 382 g/mol. The van der Waals surface area contributed by atoms with E-state index in [0.29, 0.717) is 10.7 Å². The summed E-state index contributed by atoms with van der Waals surface area (Å²) in [7, 11) is -3.95. The van der Waals surface area contributed by atoms with Gasteiger partial charge in [0.1, 0.15) is 6.54 Å². The summed E-state index contributed by atoms with van der Waals surface area (Å²) in [5.41, 5.74) is 2.08. The maximum absolute atomic E-state index is 13.1. The minimum atomic E-state index is -3.95. The van der Waals surface area contributed by atoms with Crippen LogP contribution >= 0.6 is 11.6 Å². The van der Waals surface area contributed by atoms with Crippen molar-refractivity contribution in [1.29, 1.82) is 0 Å². The Hall–Kier alpha value is -2.05. The Bertz CT molecular complexity index is 863. The Morgan fingerprint density at radius 3 is 2.36 bits per heavy atom. The highest BCUT2D eigenvalue weighted by atomic mass is 35.5. The molecule has 0 heterocycles. The fourth-order valence-electron chi connectivity index (χ4n) is 2.35. The molecule has 25 heavy (non-hydrogen) atoms. The number of benzene rings is 2. The number of hydrogen-bond acceptors (Lipinski definition) is 4. The van der Waals surface area contributed by atoms with E-state index in [2.05, 4.69) is 0 Å². The second kappa shape index (κ2) is 7.89. The number of ether oxygens (including phenoxy) is 1. The van der Waals surface area contributed by atoms with Gasteiger partial charge in [-0.05, 0) is 62.2 Å². The molecule has 0 fully saturated rings. The maximum Gasteiger partial charge on any atom is 0.326 e. The first kappa shape index (κ1) is 19.3. The Labute approximate surface area is 153 Å². The van der Waals surface area contributed by atoms with E-state index < -0.39 is 22.5 Å². The first-order chi connectivity index (χ1) is 11.8. The zero-order valence-electron chi connectivity index (χ0n) is 14.3. The number of carbonyl (C=O) groups is 1. The summed E-state index contributed by atoms with van der Waals surface area (Å²) < 4.78 is 32.3. The lowest BCUT2D eigenvalue weighted by Gasteiger charge is -2.25. The predicted octanol–water partition coefficient (Wildman–Crippen LogP) is 3.72. The van der Waals surface area contributed by atoms with E-state index in [1.807, 2.05) is 19.1 Å². The van der Waals surface area contributed by atoms with Crippen LogP contribution in [-0.4, -0.2) is 27.5 Å². The second-order valence-electron chi connectivity index (χ2n) is 5.56. The van der Waals surface area contributed by atoms with E-state index in [9.17, 15) is 13.2 Å². The summed E-state index contributed by atoms with van der Waals surface area (Å²) in [5.74, 6) is -0.610. The number of sulfonamides is 1. The van der Waals surface area contributed by atoms with Gasteiger partial charge in [-0.25, -0.2) is 8.42 Å². The molecule has 0 saturated heterocycles. The lowest BCUT2D eigenvalue weighted by molar-refractivity contribution is -0.141. The molecule has 2 aromatic carbocycles. The SMILES string of the molecule is CCOC(=O)CN(c1cc(C)ccc1C)S(=O)(=O)c1ccc(Cl)cc1. The molecular weight excluding hydrogens is 362 g/mol. The van der Waals surface area contributed by atoms with Crippen molar-refractivity contribution in [2.75, 3.05) is 17.5 Å².